The van der Waals surface area contributed by atoms with E-state index in [1.807, 2.05) is 6.20 Å². The topological polar surface area (TPSA) is 20.5 Å². The van der Waals surface area contributed by atoms with Gasteiger partial charge in [-0.3, -0.25) is 4.40 Å². The number of hydrogen-bond acceptors (Lipinski definition) is 2. The first-order chi connectivity index (χ1) is 10.5. The van der Waals surface area contributed by atoms with Crippen molar-refractivity contribution in [2.45, 2.75) is 40.2 Å². The second kappa shape index (κ2) is 8.19. The lowest BCUT2D eigenvalue weighted by atomic mass is 10.1. The van der Waals surface area contributed by atoms with Crippen LogP contribution in [-0.2, 0) is 6.42 Å². The van der Waals surface area contributed by atoms with E-state index in [-0.39, 0.29) is 24.8 Å². The van der Waals surface area contributed by atoms with Crippen LogP contribution in [0.15, 0.2) is 30.5 Å². The minimum absolute atomic E-state index is 0. The zero-order chi connectivity index (χ0) is 15.9. The van der Waals surface area contributed by atoms with Gasteiger partial charge in [0.1, 0.15) is 5.82 Å². The summed E-state index contributed by atoms with van der Waals surface area (Å²) in [6.07, 6.45) is 3.06. The number of halogens is 2. The van der Waals surface area contributed by atoms with Crippen LogP contribution in [-0.4, -0.2) is 33.9 Å². The molecule has 1 aromatic carbocycles. The number of hydrogen-bond donors (Lipinski definition) is 0. The van der Waals surface area contributed by atoms with Crippen molar-refractivity contribution in [2.75, 3.05) is 13.6 Å². The van der Waals surface area contributed by atoms with Crippen LogP contribution < -0.4 is 0 Å². The molecule has 132 valence electrons. The van der Waals surface area contributed by atoms with Crippen LogP contribution in [0.4, 0.5) is 0 Å². The van der Waals surface area contributed by atoms with Gasteiger partial charge >= 0.3 is 0 Å². The SMILES string of the molecule is Cc1cnc(C)n2c1c(CCN(C)C(C)C)c1ccccc12.Cl.Cl. The maximum atomic E-state index is 4.55. The summed E-state index contributed by atoms with van der Waals surface area (Å²) in [4.78, 5) is 6.95. The fourth-order valence-electron chi connectivity index (χ4n) is 3.17. The average Bonchev–Trinajstić information content (AvgIpc) is 2.84. The molecule has 5 heteroatoms. The lowest BCUT2D eigenvalue weighted by Crippen LogP contribution is -2.28. The molecule has 0 saturated heterocycles. The molecule has 3 aromatic rings. The normalized spacial score (nSPS) is 11.1. The molecule has 0 spiro atoms. The largest absolute Gasteiger partial charge is 0.304 e. The molecule has 0 atom stereocenters. The molecule has 0 fully saturated rings. The van der Waals surface area contributed by atoms with Crippen molar-refractivity contribution in [3.05, 3.63) is 47.4 Å². The second-order valence-electron chi connectivity index (χ2n) is 6.49. The number of nitrogens with zero attached hydrogens (tertiary/aromatic N) is 3. The van der Waals surface area contributed by atoms with Gasteiger partial charge in [-0.1, -0.05) is 18.2 Å². The Labute approximate surface area is 156 Å². The van der Waals surface area contributed by atoms with Crippen LogP contribution in [0.25, 0.3) is 16.4 Å². The van der Waals surface area contributed by atoms with Gasteiger partial charge in [0.2, 0.25) is 0 Å². The van der Waals surface area contributed by atoms with Gasteiger partial charge in [0.15, 0.2) is 0 Å². The van der Waals surface area contributed by atoms with E-state index in [1.165, 1.54) is 27.5 Å². The molecule has 0 amide bonds. The van der Waals surface area contributed by atoms with E-state index in [2.05, 4.69) is 73.3 Å². The van der Waals surface area contributed by atoms with E-state index < -0.39 is 0 Å². The van der Waals surface area contributed by atoms with Crippen LogP contribution in [0.3, 0.4) is 0 Å². The molecule has 0 aliphatic rings. The standard InChI is InChI=1S/C19H25N3.2ClH/c1-13(2)21(5)11-10-17-16-8-6-7-9-18(16)22-15(4)20-12-14(3)19(17)22;;/h6-9,12-13H,10-11H2,1-5H3;2*1H. The van der Waals surface area contributed by atoms with Gasteiger partial charge in [0, 0.05) is 24.2 Å². The Bertz CT molecular complexity index is 824. The summed E-state index contributed by atoms with van der Waals surface area (Å²) in [5, 5.41) is 1.36. The van der Waals surface area contributed by atoms with Crippen molar-refractivity contribution in [1.29, 1.82) is 0 Å². The third kappa shape index (κ3) is 3.53. The number of aryl methyl sites for hydroxylation is 2. The van der Waals surface area contributed by atoms with Gasteiger partial charge in [0.25, 0.3) is 0 Å². The maximum absolute atomic E-state index is 4.55. The summed E-state index contributed by atoms with van der Waals surface area (Å²) in [7, 11) is 2.20. The van der Waals surface area contributed by atoms with Gasteiger partial charge in [0.05, 0.1) is 11.0 Å². The minimum Gasteiger partial charge on any atom is -0.304 e. The monoisotopic (exact) mass is 367 g/mol. The number of fused-ring (bicyclic) bond motifs is 3. The Balaban J connectivity index is 0.00000144. The molecule has 0 N–H and O–H groups in total. The Kier molecular flexibility index (Phi) is 7.09. The quantitative estimate of drug-likeness (QED) is 0.658. The van der Waals surface area contributed by atoms with E-state index in [0.29, 0.717) is 6.04 Å². The molecule has 0 aliphatic heterocycles. The molecule has 24 heavy (non-hydrogen) atoms. The summed E-state index contributed by atoms with van der Waals surface area (Å²) in [5.74, 6) is 1.06. The van der Waals surface area contributed by atoms with Crippen molar-refractivity contribution in [3.63, 3.8) is 0 Å². The predicted octanol–water partition coefficient (Wildman–Crippen LogP) is 4.83. The van der Waals surface area contributed by atoms with Crippen molar-refractivity contribution < 1.29 is 0 Å². The van der Waals surface area contributed by atoms with E-state index in [9.17, 15) is 0 Å². The maximum Gasteiger partial charge on any atom is 0.110 e. The summed E-state index contributed by atoms with van der Waals surface area (Å²) in [5.41, 5.74) is 5.31. The molecule has 0 bridgehead atoms. The predicted molar refractivity (Wildman–Crippen MR) is 108 cm³/mol. The highest BCUT2D eigenvalue weighted by atomic mass is 35.5. The number of likely N-dealkylation sites (N-methyl/N-ethyl adjacent to an activating group) is 1. The van der Waals surface area contributed by atoms with Crippen LogP contribution in [0.1, 0.15) is 30.8 Å². The fourth-order valence-corrected chi connectivity index (χ4v) is 3.17. The fraction of sp³-hybridized carbons (Fsp3) is 0.421. The first kappa shape index (κ1) is 20.8. The van der Waals surface area contributed by atoms with Crippen molar-refractivity contribution in [1.82, 2.24) is 14.3 Å². The first-order valence-corrected chi connectivity index (χ1v) is 8.05. The second-order valence-corrected chi connectivity index (χ2v) is 6.49. The van der Waals surface area contributed by atoms with Crippen LogP contribution in [0, 0.1) is 13.8 Å². The smallest absolute Gasteiger partial charge is 0.110 e. The van der Waals surface area contributed by atoms with Crippen LogP contribution in [0.5, 0.6) is 0 Å². The molecule has 0 radical (unpaired) electrons. The van der Waals surface area contributed by atoms with Crippen molar-refractivity contribution in [2.24, 2.45) is 0 Å². The molecule has 3 nitrogen and oxygen atoms in total. The zero-order valence-corrected chi connectivity index (χ0v) is 16.7. The van der Waals surface area contributed by atoms with Gasteiger partial charge in [-0.15, -0.1) is 24.8 Å². The molecular weight excluding hydrogens is 341 g/mol. The van der Waals surface area contributed by atoms with Gasteiger partial charge < -0.3 is 4.90 Å². The summed E-state index contributed by atoms with van der Waals surface area (Å²) >= 11 is 0. The van der Waals surface area contributed by atoms with E-state index in [1.54, 1.807) is 0 Å². The number of rotatable bonds is 4. The number of aromatic nitrogens is 2. The minimum atomic E-state index is 0. The Morgan fingerprint density at radius 1 is 1.12 bits per heavy atom. The third-order valence-electron chi connectivity index (χ3n) is 4.72. The Hall–Kier alpha value is -1.29. The number of para-hydroxylation sites is 1. The van der Waals surface area contributed by atoms with Gasteiger partial charge in [-0.05, 0) is 58.4 Å². The van der Waals surface area contributed by atoms with Crippen molar-refractivity contribution >= 4 is 41.2 Å². The zero-order valence-electron chi connectivity index (χ0n) is 15.0. The molecule has 2 heterocycles. The average molecular weight is 368 g/mol. The van der Waals surface area contributed by atoms with Crippen LogP contribution >= 0.6 is 24.8 Å². The highest BCUT2D eigenvalue weighted by molar-refractivity contribution is 5.93. The van der Waals surface area contributed by atoms with Gasteiger partial charge in [-0.2, -0.15) is 0 Å². The summed E-state index contributed by atoms with van der Waals surface area (Å²) < 4.78 is 2.31. The first-order valence-electron chi connectivity index (χ1n) is 8.05. The van der Waals surface area contributed by atoms with E-state index >= 15 is 0 Å². The molecule has 0 saturated carbocycles. The van der Waals surface area contributed by atoms with E-state index in [0.717, 1.165) is 18.8 Å². The number of benzene rings is 1. The highest BCUT2D eigenvalue weighted by Crippen LogP contribution is 2.30. The Morgan fingerprint density at radius 3 is 2.46 bits per heavy atom. The lowest BCUT2D eigenvalue weighted by Gasteiger charge is -2.20. The van der Waals surface area contributed by atoms with Crippen LogP contribution in [0.2, 0.25) is 0 Å². The highest BCUT2D eigenvalue weighted by Gasteiger charge is 2.16. The van der Waals surface area contributed by atoms with Crippen molar-refractivity contribution in [3.8, 4) is 0 Å². The summed E-state index contributed by atoms with van der Waals surface area (Å²) in [6.45, 7) is 9.81. The molecule has 0 aliphatic carbocycles. The lowest BCUT2D eigenvalue weighted by molar-refractivity contribution is 0.278. The third-order valence-corrected chi connectivity index (χ3v) is 4.72. The summed E-state index contributed by atoms with van der Waals surface area (Å²) in [6, 6.07) is 9.26. The molecule has 0 unspecified atom stereocenters. The molecular formula is C19H27Cl2N3. The molecule has 2 aromatic heterocycles. The molecule has 3 rings (SSSR count). The van der Waals surface area contributed by atoms with E-state index in [4.69, 9.17) is 0 Å². The van der Waals surface area contributed by atoms with Gasteiger partial charge in [-0.25, -0.2) is 4.98 Å². The Morgan fingerprint density at radius 2 is 1.79 bits per heavy atom.